The summed E-state index contributed by atoms with van der Waals surface area (Å²) in [6.07, 6.45) is -0.116. The number of rotatable bonds is 7. The van der Waals surface area contributed by atoms with Crippen molar-refractivity contribution in [1.29, 1.82) is 0 Å². The van der Waals surface area contributed by atoms with Gasteiger partial charge < -0.3 is 14.9 Å². The highest BCUT2D eigenvalue weighted by Gasteiger charge is 2.18. The Kier molecular flexibility index (Phi) is 6.49. The number of aliphatic carboxylic acids is 1. The van der Waals surface area contributed by atoms with E-state index in [1.54, 1.807) is 38.2 Å². The van der Waals surface area contributed by atoms with Crippen molar-refractivity contribution in [2.45, 2.75) is 13.3 Å². The summed E-state index contributed by atoms with van der Waals surface area (Å²) in [6.45, 7) is 2.32. The maximum absolute atomic E-state index is 12.7. The lowest BCUT2D eigenvalue weighted by atomic mass is 10.1. The van der Waals surface area contributed by atoms with Crippen molar-refractivity contribution in [3.05, 3.63) is 65.7 Å². The second-order valence-corrected chi connectivity index (χ2v) is 5.81. The normalized spacial score (nSPS) is 10.2. The third kappa shape index (κ3) is 4.69. The molecule has 0 radical (unpaired) electrons. The van der Waals surface area contributed by atoms with Crippen LogP contribution in [0.15, 0.2) is 54.6 Å². The molecule has 0 aliphatic rings. The van der Waals surface area contributed by atoms with Gasteiger partial charge in [0.15, 0.2) is 0 Å². The predicted octanol–water partition coefficient (Wildman–Crippen LogP) is 2.90. The van der Waals surface area contributed by atoms with E-state index in [-0.39, 0.29) is 24.8 Å². The van der Waals surface area contributed by atoms with Crippen molar-refractivity contribution in [3.8, 4) is 0 Å². The average molecular weight is 354 g/mol. The lowest BCUT2D eigenvalue weighted by Gasteiger charge is -2.21. The molecule has 0 aliphatic heterocycles. The first-order valence-corrected chi connectivity index (χ1v) is 8.38. The lowest BCUT2D eigenvalue weighted by molar-refractivity contribution is -0.137. The van der Waals surface area contributed by atoms with Gasteiger partial charge in [0.2, 0.25) is 0 Å². The topological polar surface area (TPSA) is 77.9 Å². The molecule has 0 unspecified atom stereocenters. The lowest BCUT2D eigenvalue weighted by Crippen LogP contribution is -2.33. The van der Waals surface area contributed by atoms with Crippen LogP contribution in [0.25, 0.3) is 0 Å². The fraction of sp³-hybridized carbons (Fsp3) is 0.250. The first kappa shape index (κ1) is 19.2. The van der Waals surface area contributed by atoms with E-state index in [0.29, 0.717) is 17.7 Å². The summed E-state index contributed by atoms with van der Waals surface area (Å²) >= 11 is 0. The maximum Gasteiger partial charge on any atom is 0.305 e. The van der Waals surface area contributed by atoms with Gasteiger partial charge in [-0.3, -0.25) is 14.4 Å². The van der Waals surface area contributed by atoms with E-state index in [2.05, 4.69) is 0 Å². The van der Waals surface area contributed by atoms with Crippen LogP contribution in [-0.2, 0) is 4.79 Å². The molecule has 1 N–H and O–H groups in total. The number of nitrogens with zero attached hydrogens (tertiary/aromatic N) is 2. The van der Waals surface area contributed by atoms with Crippen molar-refractivity contribution >= 4 is 23.5 Å². The quantitative estimate of drug-likeness (QED) is 0.829. The van der Waals surface area contributed by atoms with Gasteiger partial charge in [-0.1, -0.05) is 24.3 Å². The fourth-order valence-electron chi connectivity index (χ4n) is 2.56. The molecule has 2 aromatic rings. The first-order chi connectivity index (χ1) is 12.4. The molecule has 2 amide bonds. The van der Waals surface area contributed by atoms with E-state index in [0.717, 1.165) is 5.69 Å². The van der Waals surface area contributed by atoms with Crippen LogP contribution in [-0.4, -0.2) is 47.9 Å². The molecule has 136 valence electrons. The van der Waals surface area contributed by atoms with Gasteiger partial charge in [-0.25, -0.2) is 0 Å². The molecule has 0 spiro atoms. The Morgan fingerprint density at radius 3 is 2.12 bits per heavy atom. The SMILES string of the molecule is CCN(CCC(=O)O)C(=O)c1cccc(C(=O)N(C)c2ccccc2)c1. The summed E-state index contributed by atoms with van der Waals surface area (Å²) in [6, 6.07) is 15.7. The molecule has 2 rings (SSSR count). The number of anilines is 1. The maximum atomic E-state index is 12.7. The molecule has 0 atom stereocenters. The van der Waals surface area contributed by atoms with Gasteiger partial charge in [-0.2, -0.15) is 0 Å². The minimum Gasteiger partial charge on any atom is -0.481 e. The van der Waals surface area contributed by atoms with Gasteiger partial charge in [-0.15, -0.1) is 0 Å². The smallest absolute Gasteiger partial charge is 0.305 e. The Hall–Kier alpha value is -3.15. The molecule has 6 nitrogen and oxygen atoms in total. The molecule has 6 heteroatoms. The molecule has 0 bridgehead atoms. The summed E-state index contributed by atoms with van der Waals surface area (Å²) in [5.41, 5.74) is 1.52. The Bertz CT molecular complexity index is 789. The second kappa shape index (κ2) is 8.80. The summed E-state index contributed by atoms with van der Waals surface area (Å²) in [4.78, 5) is 39.0. The summed E-state index contributed by atoms with van der Waals surface area (Å²) in [7, 11) is 1.68. The molecule has 0 fully saturated rings. The van der Waals surface area contributed by atoms with E-state index in [1.807, 2.05) is 30.3 Å². The zero-order valence-electron chi connectivity index (χ0n) is 14.9. The van der Waals surface area contributed by atoms with Gasteiger partial charge in [0.1, 0.15) is 0 Å². The summed E-state index contributed by atoms with van der Waals surface area (Å²) < 4.78 is 0. The van der Waals surface area contributed by atoms with Crippen LogP contribution in [0.1, 0.15) is 34.1 Å². The number of amides is 2. The van der Waals surface area contributed by atoms with E-state index in [4.69, 9.17) is 5.11 Å². The zero-order chi connectivity index (χ0) is 19.1. The number of carboxylic acids is 1. The van der Waals surface area contributed by atoms with Gasteiger partial charge in [0.05, 0.1) is 6.42 Å². The number of hydrogen-bond acceptors (Lipinski definition) is 3. The van der Waals surface area contributed by atoms with Crippen molar-refractivity contribution in [2.24, 2.45) is 0 Å². The van der Waals surface area contributed by atoms with Crippen LogP contribution in [0, 0.1) is 0 Å². The summed E-state index contributed by atoms with van der Waals surface area (Å²) in [5.74, 6) is -1.46. The number of carboxylic acid groups (broad SMARTS) is 1. The van der Waals surface area contributed by atoms with Crippen LogP contribution in [0.5, 0.6) is 0 Å². The molecule has 0 saturated carbocycles. The van der Waals surface area contributed by atoms with Crippen LogP contribution in [0.4, 0.5) is 5.69 Å². The number of para-hydroxylation sites is 1. The molecular weight excluding hydrogens is 332 g/mol. The van der Waals surface area contributed by atoms with Gasteiger partial charge in [-0.05, 0) is 37.3 Å². The van der Waals surface area contributed by atoms with E-state index in [9.17, 15) is 14.4 Å². The number of benzene rings is 2. The minimum absolute atomic E-state index is 0.116. The van der Waals surface area contributed by atoms with Gasteiger partial charge in [0, 0.05) is 37.0 Å². The number of carbonyl (C=O) groups excluding carboxylic acids is 2. The summed E-state index contributed by atoms with van der Waals surface area (Å²) in [5, 5.41) is 8.81. The van der Waals surface area contributed by atoms with Crippen molar-refractivity contribution < 1.29 is 19.5 Å². The Labute approximate surface area is 152 Å². The van der Waals surface area contributed by atoms with Crippen molar-refractivity contribution in [3.63, 3.8) is 0 Å². The predicted molar refractivity (Wildman–Crippen MR) is 99.4 cm³/mol. The molecule has 0 aliphatic carbocycles. The molecular formula is C20H22N2O4. The third-order valence-electron chi connectivity index (χ3n) is 4.07. The van der Waals surface area contributed by atoms with E-state index < -0.39 is 5.97 Å². The first-order valence-electron chi connectivity index (χ1n) is 8.38. The van der Waals surface area contributed by atoms with Crippen molar-refractivity contribution in [2.75, 3.05) is 25.0 Å². The molecule has 2 aromatic carbocycles. The van der Waals surface area contributed by atoms with Crippen LogP contribution in [0.3, 0.4) is 0 Å². The molecule has 0 saturated heterocycles. The zero-order valence-corrected chi connectivity index (χ0v) is 14.9. The van der Waals surface area contributed by atoms with E-state index in [1.165, 1.54) is 9.80 Å². The minimum atomic E-state index is -0.954. The number of carbonyl (C=O) groups is 3. The van der Waals surface area contributed by atoms with E-state index >= 15 is 0 Å². The third-order valence-corrected chi connectivity index (χ3v) is 4.07. The monoisotopic (exact) mass is 354 g/mol. The highest BCUT2D eigenvalue weighted by Crippen LogP contribution is 2.16. The average Bonchev–Trinajstić information content (AvgIpc) is 2.67. The highest BCUT2D eigenvalue weighted by molar-refractivity contribution is 6.07. The standard InChI is InChI=1S/C20H22N2O4/c1-3-22(13-12-18(23)24)20(26)16-9-7-8-15(14-16)19(25)21(2)17-10-5-4-6-11-17/h4-11,14H,3,12-13H2,1-2H3,(H,23,24). The van der Waals surface area contributed by atoms with Crippen LogP contribution in [0.2, 0.25) is 0 Å². The van der Waals surface area contributed by atoms with Crippen LogP contribution >= 0.6 is 0 Å². The Morgan fingerprint density at radius 1 is 0.923 bits per heavy atom. The number of hydrogen-bond donors (Lipinski definition) is 1. The second-order valence-electron chi connectivity index (χ2n) is 5.81. The Balaban J connectivity index is 2.19. The van der Waals surface area contributed by atoms with Gasteiger partial charge in [0.25, 0.3) is 11.8 Å². The molecule has 26 heavy (non-hydrogen) atoms. The largest absolute Gasteiger partial charge is 0.481 e. The Morgan fingerprint density at radius 2 is 1.54 bits per heavy atom. The molecule has 0 heterocycles. The van der Waals surface area contributed by atoms with Gasteiger partial charge >= 0.3 is 5.97 Å². The van der Waals surface area contributed by atoms with Crippen LogP contribution < -0.4 is 4.90 Å². The molecule has 0 aromatic heterocycles. The highest BCUT2D eigenvalue weighted by atomic mass is 16.4. The van der Waals surface area contributed by atoms with Crippen molar-refractivity contribution in [1.82, 2.24) is 4.90 Å². The fourth-order valence-corrected chi connectivity index (χ4v) is 2.56.